The molecule has 0 bridgehead atoms. The van der Waals surface area contributed by atoms with E-state index in [1.54, 1.807) is 6.07 Å². The van der Waals surface area contributed by atoms with E-state index in [9.17, 15) is 4.79 Å². The van der Waals surface area contributed by atoms with Crippen LogP contribution in [0.1, 0.15) is 16.6 Å². The fourth-order valence-electron chi connectivity index (χ4n) is 2.66. The normalized spacial score (nSPS) is 15.0. The van der Waals surface area contributed by atoms with Gasteiger partial charge >= 0.3 is 0 Å². The number of nitrogens with zero attached hydrogens (tertiary/aromatic N) is 1. The molecule has 2 heterocycles. The van der Waals surface area contributed by atoms with Gasteiger partial charge in [-0.05, 0) is 53.8 Å². The second-order valence-corrected chi connectivity index (χ2v) is 10.2. The zero-order valence-corrected chi connectivity index (χ0v) is 17.5. The minimum Gasteiger partial charge on any atom is -0.484 e. The topological polar surface area (TPSA) is 51.2 Å². The monoisotopic (exact) mass is 436 g/mol. The highest BCUT2D eigenvalue weighted by Gasteiger charge is 2.16. The van der Waals surface area contributed by atoms with E-state index in [0.717, 1.165) is 10.2 Å². The van der Waals surface area contributed by atoms with E-state index >= 15 is 0 Å². The van der Waals surface area contributed by atoms with Crippen molar-refractivity contribution in [2.75, 3.05) is 23.4 Å². The van der Waals surface area contributed by atoms with Gasteiger partial charge in [0.25, 0.3) is 5.91 Å². The van der Waals surface area contributed by atoms with E-state index in [-0.39, 0.29) is 12.5 Å². The van der Waals surface area contributed by atoms with Gasteiger partial charge in [0.15, 0.2) is 11.7 Å². The van der Waals surface area contributed by atoms with Gasteiger partial charge in [-0.3, -0.25) is 10.1 Å². The maximum Gasteiger partial charge on any atom is 0.264 e. The fourth-order valence-corrected chi connectivity index (χ4v) is 6.71. The number of hydrogen-bond donors (Lipinski definition) is 1. The first-order valence-corrected chi connectivity index (χ1v) is 11.8. The third-order valence-electron chi connectivity index (χ3n) is 3.95. The largest absolute Gasteiger partial charge is 0.484 e. The summed E-state index contributed by atoms with van der Waals surface area (Å²) in [5, 5.41) is 3.98. The number of halogens is 1. The number of carbonyl (C=O) groups is 1. The predicted molar refractivity (Wildman–Crippen MR) is 117 cm³/mol. The van der Waals surface area contributed by atoms with E-state index in [1.807, 2.05) is 47.8 Å². The maximum atomic E-state index is 12.1. The number of benzene rings is 2. The Morgan fingerprint density at radius 3 is 2.74 bits per heavy atom. The van der Waals surface area contributed by atoms with Crippen LogP contribution in [0.25, 0.3) is 10.2 Å². The van der Waals surface area contributed by atoms with Gasteiger partial charge in [0.2, 0.25) is 0 Å². The van der Waals surface area contributed by atoms with Crippen LogP contribution < -0.4 is 10.1 Å². The van der Waals surface area contributed by atoms with Gasteiger partial charge in [-0.25, -0.2) is 4.98 Å². The van der Waals surface area contributed by atoms with Crippen molar-refractivity contribution < 1.29 is 9.53 Å². The summed E-state index contributed by atoms with van der Waals surface area (Å²) in [5.74, 6) is 2.89. The summed E-state index contributed by atoms with van der Waals surface area (Å²) in [4.78, 5) is 16.5. The van der Waals surface area contributed by atoms with Crippen LogP contribution in [0.4, 0.5) is 5.13 Å². The lowest BCUT2D eigenvalue weighted by Crippen LogP contribution is -2.20. The third kappa shape index (κ3) is 4.90. The molecule has 0 aliphatic carbocycles. The highest BCUT2D eigenvalue weighted by Crippen LogP contribution is 2.43. The van der Waals surface area contributed by atoms with Crippen molar-refractivity contribution in [2.45, 2.75) is 11.0 Å². The van der Waals surface area contributed by atoms with Crippen LogP contribution in [0, 0.1) is 0 Å². The molecule has 1 aromatic heterocycles. The number of aromatic nitrogens is 1. The quantitative estimate of drug-likeness (QED) is 0.544. The van der Waals surface area contributed by atoms with Crippen molar-refractivity contribution in [3.8, 4) is 5.75 Å². The zero-order valence-electron chi connectivity index (χ0n) is 14.3. The number of fused-ring (bicyclic) bond motifs is 1. The Morgan fingerprint density at radius 2 is 1.96 bits per heavy atom. The summed E-state index contributed by atoms with van der Waals surface area (Å²) >= 11 is 11.3. The van der Waals surface area contributed by atoms with Gasteiger partial charge in [-0.15, -0.1) is 23.5 Å². The van der Waals surface area contributed by atoms with Gasteiger partial charge in [-0.1, -0.05) is 35.1 Å². The van der Waals surface area contributed by atoms with Crippen LogP contribution in [0.3, 0.4) is 0 Å². The molecule has 2 aromatic carbocycles. The minimum atomic E-state index is -0.234. The molecule has 1 saturated heterocycles. The molecule has 1 amide bonds. The Bertz CT molecular complexity index is 940. The molecular formula is C19H17ClN2O2S3. The average Bonchev–Trinajstić information content (AvgIpc) is 3.08. The second-order valence-electron chi connectivity index (χ2n) is 5.96. The van der Waals surface area contributed by atoms with Crippen LogP contribution in [0.2, 0.25) is 5.02 Å². The Balaban J connectivity index is 1.31. The van der Waals surface area contributed by atoms with Crippen molar-refractivity contribution in [1.82, 2.24) is 4.98 Å². The van der Waals surface area contributed by atoms with Gasteiger partial charge in [-0.2, -0.15) is 0 Å². The average molecular weight is 437 g/mol. The van der Waals surface area contributed by atoms with E-state index in [1.165, 1.54) is 34.8 Å². The van der Waals surface area contributed by atoms with Crippen molar-refractivity contribution in [3.05, 3.63) is 53.1 Å². The molecule has 0 atom stereocenters. The van der Waals surface area contributed by atoms with E-state index in [2.05, 4.69) is 22.4 Å². The molecule has 4 rings (SSSR count). The smallest absolute Gasteiger partial charge is 0.264 e. The highest BCUT2D eigenvalue weighted by molar-refractivity contribution is 8.16. The highest BCUT2D eigenvalue weighted by atomic mass is 35.5. The number of carbonyl (C=O) groups excluding carboxylic acids is 1. The van der Waals surface area contributed by atoms with Gasteiger partial charge in [0, 0.05) is 5.02 Å². The lowest BCUT2D eigenvalue weighted by Gasteiger charge is -2.21. The number of hydrogen-bond acceptors (Lipinski definition) is 6. The van der Waals surface area contributed by atoms with Crippen molar-refractivity contribution in [3.63, 3.8) is 0 Å². The third-order valence-corrected chi connectivity index (χ3v) is 8.13. The van der Waals surface area contributed by atoms with Crippen molar-refractivity contribution in [1.29, 1.82) is 0 Å². The lowest BCUT2D eigenvalue weighted by atomic mass is 10.2. The predicted octanol–water partition coefficient (Wildman–Crippen LogP) is 5.84. The number of nitrogens with one attached hydrogen (secondary N) is 1. The molecule has 1 aliphatic rings. The molecule has 8 heteroatoms. The van der Waals surface area contributed by atoms with E-state index < -0.39 is 0 Å². The van der Waals surface area contributed by atoms with Crippen LogP contribution in [-0.2, 0) is 4.79 Å². The van der Waals surface area contributed by atoms with E-state index in [4.69, 9.17) is 16.3 Å². The van der Waals surface area contributed by atoms with Crippen molar-refractivity contribution >= 4 is 67.7 Å². The Morgan fingerprint density at radius 1 is 1.19 bits per heavy atom. The Hall–Kier alpha value is -1.41. The first kappa shape index (κ1) is 18.9. The zero-order chi connectivity index (χ0) is 18.6. The molecule has 4 nitrogen and oxygen atoms in total. The summed E-state index contributed by atoms with van der Waals surface area (Å²) in [6.45, 7) is -0.0526. The molecule has 1 aliphatic heterocycles. The number of rotatable bonds is 5. The van der Waals surface area contributed by atoms with Gasteiger partial charge in [0.1, 0.15) is 5.75 Å². The Kier molecular flexibility index (Phi) is 6.12. The molecule has 0 unspecified atom stereocenters. The van der Waals surface area contributed by atoms with Crippen LogP contribution in [-0.4, -0.2) is 29.0 Å². The SMILES string of the molecule is O=C(COc1ccc(C2SCCCS2)cc1)Nc1nc2ccc(Cl)cc2s1. The number of amides is 1. The lowest BCUT2D eigenvalue weighted by molar-refractivity contribution is -0.118. The Labute approximate surface area is 175 Å². The molecular weight excluding hydrogens is 420 g/mol. The molecule has 27 heavy (non-hydrogen) atoms. The number of ether oxygens (including phenoxy) is 1. The standard InChI is InChI=1S/C19H17ClN2O2S3/c20-13-4-7-15-16(10-13)27-19(21-15)22-17(23)11-24-14-5-2-12(3-6-14)18-25-8-1-9-26-18/h2-7,10,18H,1,8-9,11H2,(H,21,22,23). The summed E-state index contributed by atoms with van der Waals surface area (Å²) in [5.41, 5.74) is 2.12. The van der Waals surface area contributed by atoms with E-state index in [0.29, 0.717) is 20.5 Å². The molecule has 140 valence electrons. The first-order valence-electron chi connectivity index (χ1n) is 8.49. The molecule has 0 spiro atoms. The van der Waals surface area contributed by atoms with Crippen molar-refractivity contribution in [2.24, 2.45) is 0 Å². The fraction of sp³-hybridized carbons (Fsp3) is 0.263. The molecule has 3 aromatic rings. The summed E-state index contributed by atoms with van der Waals surface area (Å²) < 4.78 is 7.05. The van der Waals surface area contributed by atoms with Gasteiger partial charge < -0.3 is 4.74 Å². The summed E-state index contributed by atoms with van der Waals surface area (Å²) in [6, 6.07) is 13.5. The summed E-state index contributed by atoms with van der Waals surface area (Å²) in [7, 11) is 0. The number of anilines is 1. The van der Waals surface area contributed by atoms with Crippen LogP contribution >= 0.6 is 46.5 Å². The summed E-state index contributed by atoms with van der Waals surface area (Å²) in [6.07, 6.45) is 1.28. The molecule has 1 N–H and O–H groups in total. The second kappa shape index (κ2) is 8.73. The number of thiazole rings is 1. The molecule has 0 saturated carbocycles. The van der Waals surface area contributed by atoms with Crippen LogP contribution in [0.5, 0.6) is 5.75 Å². The molecule has 0 radical (unpaired) electrons. The first-order chi connectivity index (χ1) is 13.2. The van der Waals surface area contributed by atoms with Crippen LogP contribution in [0.15, 0.2) is 42.5 Å². The number of thioether (sulfide) groups is 2. The van der Waals surface area contributed by atoms with Gasteiger partial charge in [0.05, 0.1) is 14.8 Å². The maximum absolute atomic E-state index is 12.1. The minimum absolute atomic E-state index is 0.0526. The molecule has 1 fully saturated rings.